The predicted octanol–water partition coefficient (Wildman–Crippen LogP) is 4.05. The van der Waals surface area contributed by atoms with E-state index in [1.54, 1.807) is 10.7 Å². The van der Waals surface area contributed by atoms with Crippen LogP contribution in [0.3, 0.4) is 0 Å². The largest absolute Gasteiger partial charge is 0.405 e. The zero-order chi connectivity index (χ0) is 25.7. The Bertz CT molecular complexity index is 1490. The van der Waals surface area contributed by atoms with Gasteiger partial charge in [0, 0.05) is 18.4 Å². The zero-order valence-corrected chi connectivity index (χ0v) is 19.8. The molecule has 1 aliphatic heterocycles. The zero-order valence-electron chi connectivity index (χ0n) is 19.0. The first-order valence-electron chi connectivity index (χ1n) is 11.5. The van der Waals surface area contributed by atoms with Gasteiger partial charge in [0.2, 0.25) is 10.0 Å². The molecule has 9 nitrogen and oxygen atoms in total. The van der Waals surface area contributed by atoms with Crippen LogP contribution in [0.2, 0.25) is 0 Å². The quantitative estimate of drug-likeness (QED) is 0.485. The van der Waals surface area contributed by atoms with Crippen LogP contribution in [0.15, 0.2) is 46.2 Å². The number of aromatic amines is 1. The summed E-state index contributed by atoms with van der Waals surface area (Å²) in [4.78, 5) is 15.0. The molecule has 0 radical (unpaired) electrons. The molecule has 36 heavy (non-hydrogen) atoms. The number of benzene rings is 1. The molecule has 190 valence electrons. The van der Waals surface area contributed by atoms with E-state index in [1.807, 2.05) is 0 Å². The predicted molar refractivity (Wildman–Crippen MR) is 125 cm³/mol. The number of sulfonamides is 1. The summed E-state index contributed by atoms with van der Waals surface area (Å²) in [5.41, 5.74) is 0.597. The van der Waals surface area contributed by atoms with Crippen molar-refractivity contribution in [3.63, 3.8) is 0 Å². The minimum Gasteiger partial charge on any atom is -0.338 e. The standard InChI is InChI=1S/C23H23F3N6O3S/c24-23(25,26)19-2-1-13-31(19)36(34,35)16-7-5-15(6-8-16)29-21-20-18(10-12-28-22(20)33)32(30-21)17(9-11-27)14-3-4-14/h5-8,10,12,14,17,19H,1-4,9,13H2,(H,28,33)(H,29,30)/t17-,19-/m0/s1. The van der Waals surface area contributed by atoms with Crippen LogP contribution in [-0.4, -0.2) is 46.3 Å². The number of halogens is 3. The summed E-state index contributed by atoms with van der Waals surface area (Å²) in [6.07, 6.45) is -1.06. The summed E-state index contributed by atoms with van der Waals surface area (Å²) < 4.78 is 68.0. The van der Waals surface area contributed by atoms with Gasteiger partial charge in [0.05, 0.1) is 28.9 Å². The Kier molecular flexibility index (Phi) is 6.04. The molecule has 1 saturated heterocycles. The number of aromatic nitrogens is 3. The van der Waals surface area contributed by atoms with Crippen LogP contribution in [0, 0.1) is 17.2 Å². The Labute approximate surface area is 204 Å². The van der Waals surface area contributed by atoms with Gasteiger partial charge >= 0.3 is 6.18 Å². The van der Waals surface area contributed by atoms with Gasteiger partial charge in [0.1, 0.15) is 11.4 Å². The molecule has 3 aromatic rings. The van der Waals surface area contributed by atoms with Gasteiger partial charge < -0.3 is 10.3 Å². The fourth-order valence-corrected chi connectivity index (χ4v) is 6.48. The number of hydrogen-bond donors (Lipinski definition) is 2. The Balaban J connectivity index is 1.45. The summed E-state index contributed by atoms with van der Waals surface area (Å²) in [6, 6.07) is 6.99. The molecule has 13 heteroatoms. The van der Waals surface area contributed by atoms with Crippen LogP contribution in [-0.2, 0) is 10.0 Å². The van der Waals surface area contributed by atoms with E-state index in [-0.39, 0.29) is 48.1 Å². The number of H-pyrrole nitrogens is 1. The van der Waals surface area contributed by atoms with Crippen molar-refractivity contribution in [2.24, 2.45) is 5.92 Å². The van der Waals surface area contributed by atoms with Gasteiger partial charge in [0.25, 0.3) is 5.56 Å². The van der Waals surface area contributed by atoms with E-state index in [9.17, 15) is 31.6 Å². The van der Waals surface area contributed by atoms with Crippen molar-refractivity contribution in [1.29, 1.82) is 5.26 Å². The maximum Gasteiger partial charge on any atom is 0.405 e. The molecule has 0 bridgehead atoms. The number of fused-ring (bicyclic) bond motifs is 1. The van der Waals surface area contributed by atoms with E-state index in [0.717, 1.165) is 12.8 Å². The smallest absolute Gasteiger partial charge is 0.338 e. The number of nitrogens with zero attached hydrogens (tertiary/aromatic N) is 4. The Hall–Kier alpha value is -3.37. The van der Waals surface area contributed by atoms with Crippen molar-refractivity contribution in [3.05, 3.63) is 46.9 Å². The average molecular weight is 521 g/mol. The Morgan fingerprint density at radius 1 is 1.19 bits per heavy atom. The molecule has 0 spiro atoms. The van der Waals surface area contributed by atoms with E-state index in [0.29, 0.717) is 26.8 Å². The summed E-state index contributed by atoms with van der Waals surface area (Å²) in [5, 5.41) is 17.2. The SMILES string of the molecule is N#CC[C@@H](C1CC1)n1nc(Nc2ccc(S(=O)(=O)N3CCC[C@H]3C(F)(F)F)cc2)c2c(=O)[nH]ccc21. The molecule has 1 saturated carbocycles. The second-order valence-electron chi connectivity index (χ2n) is 9.09. The molecule has 1 aliphatic carbocycles. The van der Waals surface area contributed by atoms with Gasteiger partial charge in [-0.2, -0.15) is 27.8 Å². The second kappa shape index (κ2) is 8.94. The van der Waals surface area contributed by atoms with Crippen LogP contribution in [0.5, 0.6) is 0 Å². The van der Waals surface area contributed by atoms with E-state index in [2.05, 4.69) is 21.5 Å². The molecular weight excluding hydrogens is 497 g/mol. The lowest BCUT2D eigenvalue weighted by Crippen LogP contribution is -2.44. The molecule has 2 fully saturated rings. The first kappa shape index (κ1) is 24.3. The van der Waals surface area contributed by atoms with Crippen molar-refractivity contribution in [1.82, 2.24) is 19.1 Å². The van der Waals surface area contributed by atoms with Crippen LogP contribution in [0.4, 0.5) is 24.7 Å². The minimum absolute atomic E-state index is 0.140. The van der Waals surface area contributed by atoms with Crippen molar-refractivity contribution < 1.29 is 21.6 Å². The highest BCUT2D eigenvalue weighted by molar-refractivity contribution is 7.89. The molecule has 5 rings (SSSR count). The fourth-order valence-electron chi connectivity index (χ4n) is 4.80. The summed E-state index contributed by atoms with van der Waals surface area (Å²) in [7, 11) is -4.34. The number of anilines is 2. The van der Waals surface area contributed by atoms with E-state index >= 15 is 0 Å². The molecule has 1 aromatic carbocycles. The number of nitriles is 1. The van der Waals surface area contributed by atoms with E-state index in [4.69, 9.17) is 0 Å². The molecule has 2 atom stereocenters. The lowest BCUT2D eigenvalue weighted by atomic mass is 10.1. The van der Waals surface area contributed by atoms with Gasteiger partial charge in [-0.3, -0.25) is 9.48 Å². The highest BCUT2D eigenvalue weighted by Crippen LogP contribution is 2.43. The first-order chi connectivity index (χ1) is 17.1. The summed E-state index contributed by atoms with van der Waals surface area (Å²) in [6.45, 7) is -0.191. The van der Waals surface area contributed by atoms with Crippen LogP contribution in [0.25, 0.3) is 10.9 Å². The molecule has 3 heterocycles. The highest BCUT2D eigenvalue weighted by atomic mass is 32.2. The molecule has 2 aliphatic rings. The van der Waals surface area contributed by atoms with Crippen LogP contribution in [0.1, 0.15) is 38.1 Å². The maximum atomic E-state index is 13.3. The van der Waals surface area contributed by atoms with Crippen molar-refractivity contribution in [2.45, 2.75) is 55.3 Å². The average Bonchev–Trinajstić information content (AvgIpc) is 3.40. The molecular formula is C23H23F3N6O3S. The summed E-state index contributed by atoms with van der Waals surface area (Å²) >= 11 is 0. The van der Waals surface area contributed by atoms with Crippen LogP contribution >= 0.6 is 0 Å². The molecule has 0 amide bonds. The van der Waals surface area contributed by atoms with Crippen molar-refractivity contribution in [2.75, 3.05) is 11.9 Å². The molecule has 0 unspecified atom stereocenters. The third kappa shape index (κ3) is 4.35. The molecule has 2 N–H and O–H groups in total. The van der Waals surface area contributed by atoms with Gasteiger partial charge in [-0.05, 0) is 61.9 Å². The van der Waals surface area contributed by atoms with Crippen LogP contribution < -0.4 is 10.9 Å². The lowest BCUT2D eigenvalue weighted by Gasteiger charge is -2.25. The van der Waals surface area contributed by atoms with Gasteiger partial charge in [-0.25, -0.2) is 8.42 Å². The van der Waals surface area contributed by atoms with E-state index < -0.39 is 22.2 Å². The number of nitrogens with one attached hydrogen (secondary N) is 2. The van der Waals surface area contributed by atoms with Gasteiger partial charge in [-0.1, -0.05) is 0 Å². The normalized spacial score (nSPS) is 19.9. The summed E-state index contributed by atoms with van der Waals surface area (Å²) in [5.74, 6) is 0.540. The van der Waals surface area contributed by atoms with Crippen molar-refractivity contribution in [3.8, 4) is 6.07 Å². The third-order valence-electron chi connectivity index (χ3n) is 6.72. The monoisotopic (exact) mass is 520 g/mol. The number of rotatable bonds is 7. The maximum absolute atomic E-state index is 13.3. The number of hydrogen-bond acceptors (Lipinski definition) is 6. The van der Waals surface area contributed by atoms with Gasteiger partial charge in [-0.15, -0.1) is 0 Å². The fraction of sp³-hybridized carbons (Fsp3) is 0.435. The minimum atomic E-state index is -4.64. The number of pyridine rings is 1. The van der Waals surface area contributed by atoms with Crippen molar-refractivity contribution >= 4 is 32.4 Å². The third-order valence-corrected chi connectivity index (χ3v) is 8.64. The highest BCUT2D eigenvalue weighted by Gasteiger charge is 2.50. The number of alkyl halides is 3. The Morgan fingerprint density at radius 3 is 2.56 bits per heavy atom. The Morgan fingerprint density at radius 2 is 1.92 bits per heavy atom. The topological polar surface area (TPSA) is 124 Å². The first-order valence-corrected chi connectivity index (χ1v) is 13.0. The second-order valence-corrected chi connectivity index (χ2v) is 11.0. The lowest BCUT2D eigenvalue weighted by molar-refractivity contribution is -0.165. The van der Waals surface area contributed by atoms with Gasteiger partial charge in [0.15, 0.2) is 5.82 Å². The molecule has 2 aromatic heterocycles. The van der Waals surface area contributed by atoms with E-state index in [1.165, 1.54) is 30.5 Å².